The molecular formula is C14H19NO3. The number of carbonyl (C=O) groups excluding carboxylic acids is 1. The SMILES string of the molecule is CC(C)(C)c1ccc(NC(=O)CCC(=O)O)cc1. The van der Waals surface area contributed by atoms with Crippen molar-refractivity contribution in [2.24, 2.45) is 0 Å². The summed E-state index contributed by atoms with van der Waals surface area (Å²) >= 11 is 0. The Balaban J connectivity index is 2.59. The van der Waals surface area contributed by atoms with Crippen LogP contribution < -0.4 is 5.32 Å². The van der Waals surface area contributed by atoms with Crippen LogP contribution in [0.2, 0.25) is 0 Å². The molecule has 0 fully saturated rings. The fourth-order valence-electron chi connectivity index (χ4n) is 1.50. The highest BCUT2D eigenvalue weighted by atomic mass is 16.4. The molecule has 0 aliphatic rings. The van der Waals surface area contributed by atoms with E-state index in [1.54, 1.807) is 0 Å². The third-order valence-corrected chi connectivity index (χ3v) is 2.60. The second kappa shape index (κ2) is 5.67. The van der Waals surface area contributed by atoms with Crippen LogP contribution in [0.5, 0.6) is 0 Å². The summed E-state index contributed by atoms with van der Waals surface area (Å²) in [6, 6.07) is 7.60. The lowest BCUT2D eigenvalue weighted by Gasteiger charge is -2.19. The van der Waals surface area contributed by atoms with Crippen LogP contribution >= 0.6 is 0 Å². The number of benzene rings is 1. The molecule has 0 radical (unpaired) electrons. The van der Waals surface area contributed by atoms with E-state index in [2.05, 4.69) is 26.1 Å². The Morgan fingerprint density at radius 3 is 2.11 bits per heavy atom. The zero-order chi connectivity index (χ0) is 13.8. The van der Waals surface area contributed by atoms with Crippen LogP contribution in [0.1, 0.15) is 39.2 Å². The maximum atomic E-state index is 11.4. The number of carbonyl (C=O) groups is 2. The Hall–Kier alpha value is -1.84. The second-order valence-corrected chi connectivity index (χ2v) is 5.27. The summed E-state index contributed by atoms with van der Waals surface area (Å²) in [6.07, 6.45) is -0.151. The molecule has 1 amide bonds. The Labute approximate surface area is 107 Å². The molecule has 0 spiro atoms. The van der Waals surface area contributed by atoms with Gasteiger partial charge in [-0.2, -0.15) is 0 Å². The van der Waals surface area contributed by atoms with Gasteiger partial charge in [-0.25, -0.2) is 0 Å². The van der Waals surface area contributed by atoms with Gasteiger partial charge in [0, 0.05) is 12.1 Å². The van der Waals surface area contributed by atoms with Crippen LogP contribution in [0, 0.1) is 0 Å². The number of hydrogen-bond donors (Lipinski definition) is 2. The Morgan fingerprint density at radius 1 is 1.11 bits per heavy atom. The van der Waals surface area contributed by atoms with E-state index in [4.69, 9.17) is 5.11 Å². The predicted octanol–water partition coefficient (Wildman–Crippen LogP) is 2.79. The molecule has 1 rings (SSSR count). The first-order chi connectivity index (χ1) is 8.29. The van der Waals surface area contributed by atoms with Gasteiger partial charge < -0.3 is 10.4 Å². The summed E-state index contributed by atoms with van der Waals surface area (Å²) < 4.78 is 0. The first-order valence-corrected chi connectivity index (χ1v) is 5.91. The van der Waals surface area contributed by atoms with Gasteiger partial charge in [0.2, 0.25) is 5.91 Å². The van der Waals surface area contributed by atoms with E-state index in [-0.39, 0.29) is 24.2 Å². The maximum Gasteiger partial charge on any atom is 0.303 e. The van der Waals surface area contributed by atoms with E-state index in [0.717, 1.165) is 0 Å². The quantitative estimate of drug-likeness (QED) is 0.862. The van der Waals surface area contributed by atoms with Crippen molar-refractivity contribution in [2.75, 3.05) is 5.32 Å². The summed E-state index contributed by atoms with van der Waals surface area (Å²) in [6.45, 7) is 6.36. The van der Waals surface area contributed by atoms with Gasteiger partial charge in [-0.3, -0.25) is 9.59 Å². The summed E-state index contributed by atoms with van der Waals surface area (Å²) in [5.74, 6) is -1.24. The van der Waals surface area contributed by atoms with E-state index >= 15 is 0 Å². The van der Waals surface area contributed by atoms with Gasteiger partial charge in [-0.1, -0.05) is 32.9 Å². The Morgan fingerprint density at radius 2 is 1.67 bits per heavy atom. The molecule has 18 heavy (non-hydrogen) atoms. The monoisotopic (exact) mass is 249 g/mol. The van der Waals surface area contributed by atoms with Gasteiger partial charge in [0.1, 0.15) is 0 Å². The number of carboxylic acid groups (broad SMARTS) is 1. The van der Waals surface area contributed by atoms with Crippen LogP contribution in [0.4, 0.5) is 5.69 Å². The van der Waals surface area contributed by atoms with Crippen molar-refractivity contribution in [2.45, 2.75) is 39.0 Å². The minimum Gasteiger partial charge on any atom is -0.481 e. The number of rotatable bonds is 4. The zero-order valence-corrected chi connectivity index (χ0v) is 11.0. The number of nitrogens with one attached hydrogen (secondary N) is 1. The molecule has 0 heterocycles. The lowest BCUT2D eigenvalue weighted by molar-refractivity contribution is -0.138. The molecule has 0 atom stereocenters. The maximum absolute atomic E-state index is 11.4. The molecule has 0 saturated heterocycles. The van der Waals surface area contributed by atoms with Crippen molar-refractivity contribution in [3.63, 3.8) is 0 Å². The van der Waals surface area contributed by atoms with E-state index in [0.29, 0.717) is 5.69 Å². The summed E-state index contributed by atoms with van der Waals surface area (Å²) in [5, 5.41) is 11.1. The predicted molar refractivity (Wildman–Crippen MR) is 70.6 cm³/mol. The topological polar surface area (TPSA) is 66.4 Å². The summed E-state index contributed by atoms with van der Waals surface area (Å²) in [5.41, 5.74) is 1.95. The molecule has 0 unspecified atom stereocenters. The highest BCUT2D eigenvalue weighted by Gasteiger charge is 2.13. The standard InChI is InChI=1S/C14H19NO3/c1-14(2,3)10-4-6-11(7-5-10)15-12(16)8-9-13(17)18/h4-7H,8-9H2,1-3H3,(H,15,16)(H,17,18). The lowest BCUT2D eigenvalue weighted by Crippen LogP contribution is -2.14. The molecule has 0 aromatic heterocycles. The number of hydrogen-bond acceptors (Lipinski definition) is 2. The first-order valence-electron chi connectivity index (χ1n) is 5.91. The molecule has 0 aliphatic heterocycles. The lowest BCUT2D eigenvalue weighted by atomic mass is 9.87. The van der Waals surface area contributed by atoms with Crippen LogP contribution in [-0.4, -0.2) is 17.0 Å². The van der Waals surface area contributed by atoms with Crippen molar-refractivity contribution in [3.05, 3.63) is 29.8 Å². The molecule has 4 heteroatoms. The molecule has 2 N–H and O–H groups in total. The average molecular weight is 249 g/mol. The zero-order valence-electron chi connectivity index (χ0n) is 11.0. The third-order valence-electron chi connectivity index (χ3n) is 2.60. The molecule has 4 nitrogen and oxygen atoms in total. The largest absolute Gasteiger partial charge is 0.481 e. The van der Waals surface area contributed by atoms with Crippen LogP contribution in [0.25, 0.3) is 0 Å². The van der Waals surface area contributed by atoms with E-state index in [1.165, 1.54) is 5.56 Å². The van der Waals surface area contributed by atoms with Crippen molar-refractivity contribution in [3.8, 4) is 0 Å². The minimum atomic E-state index is -0.965. The van der Waals surface area contributed by atoms with E-state index in [1.807, 2.05) is 24.3 Å². The Kier molecular flexibility index (Phi) is 4.48. The van der Waals surface area contributed by atoms with Gasteiger partial charge >= 0.3 is 5.97 Å². The summed E-state index contributed by atoms with van der Waals surface area (Å²) in [4.78, 5) is 21.8. The number of amides is 1. The molecule has 1 aromatic carbocycles. The van der Waals surface area contributed by atoms with Gasteiger partial charge in [0.05, 0.1) is 6.42 Å². The highest BCUT2D eigenvalue weighted by Crippen LogP contribution is 2.23. The van der Waals surface area contributed by atoms with Gasteiger partial charge in [-0.15, -0.1) is 0 Å². The molecule has 0 aliphatic carbocycles. The fourth-order valence-corrected chi connectivity index (χ4v) is 1.50. The smallest absolute Gasteiger partial charge is 0.303 e. The number of anilines is 1. The summed E-state index contributed by atoms with van der Waals surface area (Å²) in [7, 11) is 0. The fraction of sp³-hybridized carbons (Fsp3) is 0.429. The minimum absolute atomic E-state index is 0.00362. The van der Waals surface area contributed by atoms with Gasteiger partial charge in [0.25, 0.3) is 0 Å². The van der Waals surface area contributed by atoms with Crippen LogP contribution in [0.15, 0.2) is 24.3 Å². The van der Waals surface area contributed by atoms with Crippen LogP contribution in [-0.2, 0) is 15.0 Å². The first kappa shape index (κ1) is 14.2. The molecule has 1 aromatic rings. The average Bonchev–Trinajstić information content (AvgIpc) is 2.26. The molecule has 0 saturated carbocycles. The van der Waals surface area contributed by atoms with Gasteiger partial charge in [0.15, 0.2) is 0 Å². The third kappa shape index (κ3) is 4.57. The molecule has 98 valence electrons. The van der Waals surface area contributed by atoms with E-state index < -0.39 is 5.97 Å². The van der Waals surface area contributed by atoms with Gasteiger partial charge in [-0.05, 0) is 23.1 Å². The van der Waals surface area contributed by atoms with Crippen molar-refractivity contribution < 1.29 is 14.7 Å². The number of aliphatic carboxylic acids is 1. The normalized spacial score (nSPS) is 11.1. The highest BCUT2D eigenvalue weighted by molar-refractivity contribution is 5.92. The molecule has 0 bridgehead atoms. The van der Waals surface area contributed by atoms with Crippen molar-refractivity contribution >= 4 is 17.6 Å². The molecular weight excluding hydrogens is 230 g/mol. The van der Waals surface area contributed by atoms with Crippen molar-refractivity contribution in [1.82, 2.24) is 0 Å². The van der Waals surface area contributed by atoms with Crippen LogP contribution in [0.3, 0.4) is 0 Å². The van der Waals surface area contributed by atoms with E-state index in [9.17, 15) is 9.59 Å². The Bertz CT molecular complexity index is 429. The van der Waals surface area contributed by atoms with Crippen molar-refractivity contribution in [1.29, 1.82) is 0 Å². The second-order valence-electron chi connectivity index (χ2n) is 5.27. The number of carboxylic acids is 1.